The highest BCUT2D eigenvalue weighted by atomic mass is 16.5. The van der Waals surface area contributed by atoms with E-state index in [0.717, 1.165) is 38.9 Å². The number of carbonyl (C=O) groups is 1. The Kier molecular flexibility index (Phi) is 10.7. The molecule has 4 nitrogen and oxygen atoms in total. The number of carbonyl (C=O) groups excluding carboxylic acids is 1. The van der Waals surface area contributed by atoms with Crippen molar-refractivity contribution >= 4 is 5.91 Å². The normalized spacial score (nSPS) is 10.5. The molecule has 0 radical (unpaired) electrons. The van der Waals surface area contributed by atoms with Gasteiger partial charge in [-0.2, -0.15) is 0 Å². The van der Waals surface area contributed by atoms with E-state index in [0.29, 0.717) is 12.3 Å². The summed E-state index contributed by atoms with van der Waals surface area (Å²) in [5.74, 6) is 0.692. The van der Waals surface area contributed by atoms with Crippen molar-refractivity contribution in [1.82, 2.24) is 9.80 Å². The molecule has 0 aromatic rings. The van der Waals surface area contributed by atoms with Crippen LogP contribution >= 0.6 is 0 Å². The van der Waals surface area contributed by atoms with E-state index >= 15 is 0 Å². The molecule has 0 saturated carbocycles. The number of hydrogen-bond acceptors (Lipinski definition) is 3. The van der Waals surface area contributed by atoms with Crippen molar-refractivity contribution < 1.29 is 9.53 Å². The Bertz CT molecular complexity index is 340. The van der Waals surface area contributed by atoms with Crippen molar-refractivity contribution in [2.75, 3.05) is 39.8 Å². The van der Waals surface area contributed by atoms with Gasteiger partial charge in [-0.05, 0) is 33.4 Å². The minimum absolute atomic E-state index is 0.0254. The highest BCUT2D eigenvalue weighted by Gasteiger charge is 2.13. The van der Waals surface area contributed by atoms with Gasteiger partial charge in [-0.1, -0.05) is 32.6 Å². The van der Waals surface area contributed by atoms with Crippen LogP contribution in [0.3, 0.4) is 0 Å². The maximum atomic E-state index is 12.1. The number of hydrogen-bond donors (Lipinski definition) is 0. The summed E-state index contributed by atoms with van der Waals surface area (Å²) in [5, 5.41) is 0. The maximum Gasteiger partial charge on any atom is 0.260 e. The summed E-state index contributed by atoms with van der Waals surface area (Å²) in [5.41, 5.74) is 1.18. The van der Waals surface area contributed by atoms with E-state index in [2.05, 4.69) is 39.0 Å². The van der Waals surface area contributed by atoms with Gasteiger partial charge < -0.3 is 14.5 Å². The largest absolute Gasteiger partial charge is 0.489 e. The van der Waals surface area contributed by atoms with Crippen LogP contribution < -0.4 is 0 Å². The predicted molar refractivity (Wildman–Crippen MR) is 89.2 cm³/mol. The number of allylic oxidation sites excluding steroid dienone is 2. The van der Waals surface area contributed by atoms with Gasteiger partial charge in [-0.25, -0.2) is 0 Å². The van der Waals surface area contributed by atoms with E-state index in [4.69, 9.17) is 4.74 Å². The van der Waals surface area contributed by atoms with Gasteiger partial charge in [0.1, 0.15) is 0 Å². The highest BCUT2D eigenvalue weighted by molar-refractivity contribution is 5.77. The topological polar surface area (TPSA) is 32.8 Å². The monoisotopic (exact) mass is 296 g/mol. The Balaban J connectivity index is 4.03. The molecule has 122 valence electrons. The zero-order chi connectivity index (χ0) is 16.3. The van der Waals surface area contributed by atoms with Crippen molar-refractivity contribution in [3.8, 4) is 0 Å². The highest BCUT2D eigenvalue weighted by Crippen LogP contribution is 2.12. The summed E-state index contributed by atoms with van der Waals surface area (Å²) < 4.78 is 5.47. The number of nitrogens with zero attached hydrogens (tertiary/aromatic N) is 2. The number of ether oxygens (including phenoxy) is 1. The van der Waals surface area contributed by atoms with Crippen molar-refractivity contribution in [2.24, 2.45) is 0 Å². The molecule has 0 fully saturated rings. The minimum Gasteiger partial charge on any atom is -0.489 e. The molecule has 0 heterocycles. The van der Waals surface area contributed by atoms with Gasteiger partial charge in [0, 0.05) is 26.1 Å². The Morgan fingerprint density at radius 3 is 2.24 bits per heavy atom. The van der Waals surface area contributed by atoms with E-state index in [1.807, 2.05) is 11.8 Å². The molecule has 1 amide bonds. The molecule has 4 heteroatoms. The van der Waals surface area contributed by atoms with Crippen molar-refractivity contribution in [3.63, 3.8) is 0 Å². The van der Waals surface area contributed by atoms with Gasteiger partial charge in [-0.15, -0.1) is 0 Å². The fourth-order valence-electron chi connectivity index (χ4n) is 1.73. The first kappa shape index (κ1) is 19.7. The molecule has 0 N–H and O–H groups in total. The van der Waals surface area contributed by atoms with E-state index in [9.17, 15) is 4.79 Å². The molecule has 0 aliphatic rings. The van der Waals surface area contributed by atoms with E-state index in [1.54, 1.807) is 0 Å². The summed E-state index contributed by atoms with van der Waals surface area (Å²) in [4.78, 5) is 16.1. The van der Waals surface area contributed by atoms with Gasteiger partial charge in [0.2, 0.25) is 0 Å². The average Bonchev–Trinajstić information content (AvgIpc) is 2.50. The average molecular weight is 296 g/mol. The Hall–Kier alpha value is -1.29. The molecule has 0 saturated heterocycles. The zero-order valence-corrected chi connectivity index (χ0v) is 14.3. The van der Waals surface area contributed by atoms with Crippen LogP contribution in [0, 0.1) is 0 Å². The molecular weight excluding hydrogens is 264 g/mol. The first-order valence-electron chi connectivity index (χ1n) is 7.88. The second kappa shape index (κ2) is 11.4. The van der Waals surface area contributed by atoms with Gasteiger partial charge in [-0.3, -0.25) is 4.79 Å². The number of likely N-dealkylation sites (N-methyl/N-ethyl adjacent to an activating group) is 2. The molecule has 21 heavy (non-hydrogen) atoms. The van der Waals surface area contributed by atoms with Crippen LogP contribution in [-0.2, 0) is 9.53 Å². The summed E-state index contributed by atoms with van der Waals surface area (Å²) in [6.45, 7) is 17.4. The second-order valence-electron chi connectivity index (χ2n) is 5.30. The van der Waals surface area contributed by atoms with Crippen LogP contribution in [0.5, 0.6) is 0 Å². The fourth-order valence-corrected chi connectivity index (χ4v) is 1.73. The summed E-state index contributed by atoms with van der Waals surface area (Å²) in [6, 6.07) is 0. The van der Waals surface area contributed by atoms with Crippen molar-refractivity contribution in [1.29, 1.82) is 0 Å². The van der Waals surface area contributed by atoms with Crippen LogP contribution in [0.25, 0.3) is 0 Å². The molecule has 0 aliphatic heterocycles. The number of amides is 1. The van der Waals surface area contributed by atoms with Gasteiger partial charge in [0.15, 0.2) is 6.61 Å². The molecule has 0 atom stereocenters. The first-order chi connectivity index (χ1) is 9.94. The minimum atomic E-state index is 0.0254. The first-order valence-corrected chi connectivity index (χ1v) is 7.88. The van der Waals surface area contributed by atoms with Gasteiger partial charge >= 0.3 is 0 Å². The third-order valence-corrected chi connectivity index (χ3v) is 3.68. The van der Waals surface area contributed by atoms with Crippen LogP contribution in [0.15, 0.2) is 24.5 Å². The predicted octanol–water partition coefficient (Wildman–Crippen LogP) is 3.06. The lowest BCUT2D eigenvalue weighted by atomic mass is 10.1. The quantitative estimate of drug-likeness (QED) is 0.410. The Morgan fingerprint density at radius 1 is 1.05 bits per heavy atom. The van der Waals surface area contributed by atoms with Crippen LogP contribution in [0.4, 0.5) is 0 Å². The molecule has 0 aromatic carbocycles. The second-order valence-corrected chi connectivity index (χ2v) is 5.30. The van der Waals surface area contributed by atoms with E-state index < -0.39 is 0 Å². The molecular formula is C17H32N2O2. The van der Waals surface area contributed by atoms with Crippen molar-refractivity contribution in [2.45, 2.75) is 40.0 Å². The smallest absolute Gasteiger partial charge is 0.260 e. The van der Waals surface area contributed by atoms with Gasteiger partial charge in [0.25, 0.3) is 5.91 Å². The molecule has 0 aromatic heterocycles. The lowest BCUT2D eigenvalue weighted by Gasteiger charge is -2.24. The molecule has 0 spiro atoms. The molecule has 0 aliphatic carbocycles. The third kappa shape index (κ3) is 9.29. The van der Waals surface area contributed by atoms with Crippen molar-refractivity contribution in [3.05, 3.63) is 24.5 Å². The summed E-state index contributed by atoms with van der Waals surface area (Å²) >= 11 is 0. The lowest BCUT2D eigenvalue weighted by molar-refractivity contribution is -0.134. The molecule has 0 bridgehead atoms. The third-order valence-electron chi connectivity index (χ3n) is 3.68. The fraction of sp³-hybridized carbons (Fsp3) is 0.706. The van der Waals surface area contributed by atoms with Crippen LogP contribution in [0.2, 0.25) is 0 Å². The lowest BCUT2D eigenvalue weighted by Crippen LogP contribution is -2.39. The van der Waals surface area contributed by atoms with E-state index in [1.165, 1.54) is 5.57 Å². The Labute approximate surface area is 130 Å². The maximum absolute atomic E-state index is 12.1. The van der Waals surface area contributed by atoms with Crippen LogP contribution in [0.1, 0.15) is 40.0 Å². The summed E-state index contributed by atoms with van der Waals surface area (Å²) in [7, 11) is 2.05. The zero-order valence-electron chi connectivity index (χ0n) is 14.3. The van der Waals surface area contributed by atoms with Gasteiger partial charge in [0.05, 0.1) is 5.76 Å². The number of rotatable bonds is 12. The SMILES string of the molecule is C=C(CC)CCC(=C)OCC(=O)N(CC)CCN(C)CC. The van der Waals surface area contributed by atoms with Crippen LogP contribution in [-0.4, -0.2) is 55.5 Å². The molecule has 0 unspecified atom stereocenters. The summed E-state index contributed by atoms with van der Waals surface area (Å²) in [6.07, 6.45) is 2.59. The Morgan fingerprint density at radius 2 is 1.71 bits per heavy atom. The standard InChI is InChI=1S/C17H32N2O2/c1-7-15(4)10-11-16(5)21-14-17(20)19(9-3)13-12-18(6)8-2/h4-5,7-14H2,1-3,6H3. The molecule has 0 rings (SSSR count). The van der Waals surface area contributed by atoms with E-state index in [-0.39, 0.29) is 12.5 Å².